The molecule has 88 valence electrons. The number of halogens is 2. The molecule has 0 spiro atoms. The van der Waals surface area contributed by atoms with E-state index in [1.807, 2.05) is 6.07 Å². The third-order valence-corrected chi connectivity index (χ3v) is 4.44. The Hall–Kier alpha value is -0.410. The van der Waals surface area contributed by atoms with Crippen molar-refractivity contribution in [1.82, 2.24) is 4.90 Å². The van der Waals surface area contributed by atoms with E-state index in [1.54, 1.807) is 12.1 Å². The van der Waals surface area contributed by atoms with Gasteiger partial charge in [0.15, 0.2) is 0 Å². The Labute approximate surface area is 105 Å². The van der Waals surface area contributed by atoms with Gasteiger partial charge in [-0.15, -0.1) is 0 Å². The summed E-state index contributed by atoms with van der Waals surface area (Å²) >= 11 is 3.71. The average molecular weight is 286 g/mol. The minimum atomic E-state index is -0.140. The molecule has 0 bridgehead atoms. The summed E-state index contributed by atoms with van der Waals surface area (Å²) in [6, 6.07) is 6.89. The van der Waals surface area contributed by atoms with Gasteiger partial charge >= 0.3 is 0 Å². The van der Waals surface area contributed by atoms with Crippen molar-refractivity contribution in [2.45, 2.75) is 24.7 Å². The topological polar surface area (TPSA) is 3.24 Å². The van der Waals surface area contributed by atoms with Crippen LogP contribution in [0.5, 0.6) is 0 Å². The van der Waals surface area contributed by atoms with Crippen LogP contribution >= 0.6 is 15.9 Å². The maximum atomic E-state index is 13.0. The van der Waals surface area contributed by atoms with E-state index in [2.05, 4.69) is 27.8 Å². The molecule has 1 aromatic carbocycles. The average Bonchev–Trinajstić information content (AvgIpc) is 2.24. The van der Waals surface area contributed by atoms with Gasteiger partial charge in [0.05, 0.1) is 0 Å². The van der Waals surface area contributed by atoms with Gasteiger partial charge in [-0.1, -0.05) is 35.0 Å². The second-order valence-corrected chi connectivity index (χ2v) is 5.82. The minimum absolute atomic E-state index is 0.140. The van der Waals surface area contributed by atoms with Crippen LogP contribution in [0.1, 0.15) is 18.9 Å². The zero-order valence-corrected chi connectivity index (χ0v) is 11.1. The van der Waals surface area contributed by atoms with Crippen molar-refractivity contribution < 1.29 is 4.39 Å². The third kappa shape index (κ3) is 3.05. The van der Waals surface area contributed by atoms with Crippen molar-refractivity contribution in [3.05, 3.63) is 35.6 Å². The lowest BCUT2D eigenvalue weighted by Gasteiger charge is -2.34. The van der Waals surface area contributed by atoms with Crippen LogP contribution < -0.4 is 0 Å². The van der Waals surface area contributed by atoms with E-state index in [0.29, 0.717) is 4.83 Å². The maximum Gasteiger partial charge on any atom is 0.123 e. The molecule has 0 radical (unpaired) electrons. The Morgan fingerprint density at radius 2 is 2.31 bits per heavy atom. The fourth-order valence-corrected chi connectivity index (χ4v) is 2.80. The number of likely N-dealkylation sites (tertiary alicyclic amines) is 1. The number of hydrogen-bond acceptors (Lipinski definition) is 1. The molecule has 3 heteroatoms. The van der Waals surface area contributed by atoms with E-state index in [-0.39, 0.29) is 5.82 Å². The highest BCUT2D eigenvalue weighted by Crippen LogP contribution is 2.24. The van der Waals surface area contributed by atoms with E-state index < -0.39 is 0 Å². The minimum Gasteiger partial charge on any atom is -0.298 e. The highest BCUT2D eigenvalue weighted by Gasteiger charge is 2.23. The van der Waals surface area contributed by atoms with Crippen molar-refractivity contribution in [1.29, 1.82) is 0 Å². The first kappa shape index (κ1) is 12.1. The number of piperidine rings is 1. The zero-order valence-electron chi connectivity index (χ0n) is 9.50. The Balaban J connectivity index is 1.95. The molecule has 1 fully saturated rings. The van der Waals surface area contributed by atoms with Crippen molar-refractivity contribution in [2.75, 3.05) is 13.1 Å². The second kappa shape index (κ2) is 5.28. The Morgan fingerprint density at radius 1 is 1.50 bits per heavy atom. The molecule has 2 unspecified atom stereocenters. The van der Waals surface area contributed by atoms with Crippen LogP contribution in [0.15, 0.2) is 24.3 Å². The molecule has 0 N–H and O–H groups in total. The smallest absolute Gasteiger partial charge is 0.123 e. The first-order valence-electron chi connectivity index (χ1n) is 5.76. The van der Waals surface area contributed by atoms with Gasteiger partial charge in [0.2, 0.25) is 0 Å². The van der Waals surface area contributed by atoms with E-state index in [9.17, 15) is 4.39 Å². The van der Waals surface area contributed by atoms with Gasteiger partial charge in [-0.2, -0.15) is 0 Å². The van der Waals surface area contributed by atoms with E-state index in [0.717, 1.165) is 31.1 Å². The summed E-state index contributed by atoms with van der Waals surface area (Å²) in [7, 11) is 0. The van der Waals surface area contributed by atoms with Gasteiger partial charge in [0, 0.05) is 17.9 Å². The Kier molecular flexibility index (Phi) is 3.98. The maximum absolute atomic E-state index is 13.0. The molecular weight excluding hydrogens is 269 g/mol. The summed E-state index contributed by atoms with van der Waals surface area (Å²) in [4.78, 5) is 2.95. The Bertz CT molecular complexity index is 356. The SMILES string of the molecule is CC1CCN(Cc2cccc(F)c2)CC1Br. The monoisotopic (exact) mass is 285 g/mol. The first-order valence-corrected chi connectivity index (χ1v) is 6.67. The zero-order chi connectivity index (χ0) is 11.5. The van der Waals surface area contributed by atoms with Gasteiger partial charge < -0.3 is 0 Å². The van der Waals surface area contributed by atoms with Crippen LogP contribution in [-0.2, 0) is 6.54 Å². The fourth-order valence-electron chi connectivity index (χ4n) is 2.12. The summed E-state index contributed by atoms with van der Waals surface area (Å²) < 4.78 is 13.0. The van der Waals surface area contributed by atoms with Crippen LogP contribution in [-0.4, -0.2) is 22.8 Å². The number of benzene rings is 1. The molecule has 1 aliphatic rings. The molecule has 1 aromatic rings. The van der Waals surface area contributed by atoms with Crippen molar-refractivity contribution in [3.8, 4) is 0 Å². The summed E-state index contributed by atoms with van der Waals surface area (Å²) in [5, 5.41) is 0. The number of hydrogen-bond donors (Lipinski definition) is 0. The summed E-state index contributed by atoms with van der Waals surface area (Å²) in [5.41, 5.74) is 1.06. The molecule has 1 nitrogen and oxygen atoms in total. The quantitative estimate of drug-likeness (QED) is 0.753. The Morgan fingerprint density at radius 3 is 3.00 bits per heavy atom. The van der Waals surface area contributed by atoms with Gasteiger partial charge in [-0.05, 0) is 36.6 Å². The highest BCUT2D eigenvalue weighted by atomic mass is 79.9. The molecule has 0 saturated carbocycles. The first-order chi connectivity index (χ1) is 7.65. The van der Waals surface area contributed by atoms with Gasteiger partial charge in [-0.25, -0.2) is 4.39 Å². The number of rotatable bonds is 2. The molecule has 0 amide bonds. The molecule has 1 aliphatic heterocycles. The highest BCUT2D eigenvalue weighted by molar-refractivity contribution is 9.09. The van der Waals surface area contributed by atoms with Gasteiger partial charge in [0.25, 0.3) is 0 Å². The molecule has 2 rings (SSSR count). The lowest BCUT2D eigenvalue weighted by Crippen LogP contribution is -2.39. The van der Waals surface area contributed by atoms with E-state index >= 15 is 0 Å². The lowest BCUT2D eigenvalue weighted by atomic mass is 9.98. The summed E-state index contributed by atoms with van der Waals surface area (Å²) in [6.45, 7) is 5.29. The van der Waals surface area contributed by atoms with Crippen LogP contribution in [0.3, 0.4) is 0 Å². The predicted molar refractivity (Wildman–Crippen MR) is 68.2 cm³/mol. The molecule has 1 heterocycles. The van der Waals surface area contributed by atoms with Crippen LogP contribution in [0.25, 0.3) is 0 Å². The predicted octanol–water partition coefficient (Wildman–Crippen LogP) is 3.43. The second-order valence-electron chi connectivity index (χ2n) is 4.65. The van der Waals surface area contributed by atoms with Crippen LogP contribution in [0, 0.1) is 11.7 Å². The number of nitrogens with zero attached hydrogens (tertiary/aromatic N) is 1. The number of alkyl halides is 1. The molecule has 1 saturated heterocycles. The molecule has 0 aromatic heterocycles. The molecule has 2 atom stereocenters. The summed E-state index contributed by atoms with van der Waals surface area (Å²) in [6.07, 6.45) is 1.21. The van der Waals surface area contributed by atoms with Gasteiger partial charge in [-0.3, -0.25) is 4.90 Å². The van der Waals surface area contributed by atoms with Crippen molar-refractivity contribution in [3.63, 3.8) is 0 Å². The molecule has 16 heavy (non-hydrogen) atoms. The lowest BCUT2D eigenvalue weighted by molar-refractivity contribution is 0.194. The molecular formula is C13H17BrFN. The standard InChI is InChI=1S/C13H17BrFN/c1-10-5-6-16(9-13(10)14)8-11-3-2-4-12(15)7-11/h2-4,7,10,13H,5-6,8-9H2,1H3. The van der Waals surface area contributed by atoms with E-state index in [1.165, 1.54) is 12.5 Å². The van der Waals surface area contributed by atoms with Crippen molar-refractivity contribution >= 4 is 15.9 Å². The van der Waals surface area contributed by atoms with E-state index in [4.69, 9.17) is 0 Å². The fraction of sp³-hybridized carbons (Fsp3) is 0.538. The van der Waals surface area contributed by atoms with Crippen molar-refractivity contribution in [2.24, 2.45) is 5.92 Å². The summed E-state index contributed by atoms with van der Waals surface area (Å²) in [5.74, 6) is 0.599. The van der Waals surface area contributed by atoms with Gasteiger partial charge in [0.1, 0.15) is 5.82 Å². The third-order valence-electron chi connectivity index (χ3n) is 3.25. The molecule has 0 aliphatic carbocycles. The normalized spacial score (nSPS) is 26.9. The largest absolute Gasteiger partial charge is 0.298 e. The van der Waals surface area contributed by atoms with Crippen LogP contribution in [0.2, 0.25) is 0 Å². The van der Waals surface area contributed by atoms with Crippen LogP contribution in [0.4, 0.5) is 4.39 Å².